The van der Waals surface area contributed by atoms with Crippen LogP contribution in [0.15, 0.2) is 48.6 Å². The molecule has 0 unspecified atom stereocenters. The topological polar surface area (TPSA) is 127 Å². The SMILES string of the molecule is CC(C)=O.CC(C)=O.COc1cc(C=CC(=O)CC(=O)C=Cc2ccc(O)c(OC)c2)ccc1O. The maximum absolute atomic E-state index is 11.9. The number of allylic oxidation sites excluding steroid dienone is 2. The number of hydrogen-bond donors (Lipinski definition) is 2. The third-order valence-electron chi connectivity index (χ3n) is 3.68. The van der Waals surface area contributed by atoms with Gasteiger partial charge in [-0.2, -0.15) is 0 Å². The van der Waals surface area contributed by atoms with Crippen molar-refractivity contribution in [3.05, 3.63) is 59.7 Å². The highest BCUT2D eigenvalue weighted by Crippen LogP contribution is 2.27. The van der Waals surface area contributed by atoms with Crippen molar-refractivity contribution in [2.75, 3.05) is 14.2 Å². The molecule has 0 saturated carbocycles. The molecule has 0 amide bonds. The summed E-state index contributed by atoms with van der Waals surface area (Å²) in [7, 11) is 2.87. The summed E-state index contributed by atoms with van der Waals surface area (Å²) in [6, 6.07) is 9.34. The van der Waals surface area contributed by atoms with Crippen LogP contribution in [0.2, 0.25) is 0 Å². The fourth-order valence-electron chi connectivity index (χ4n) is 2.26. The number of rotatable bonds is 8. The highest BCUT2D eigenvalue weighted by molar-refractivity contribution is 6.10. The largest absolute Gasteiger partial charge is 0.504 e. The number of phenols is 2. The number of aromatic hydroxyl groups is 2. The lowest BCUT2D eigenvalue weighted by Crippen LogP contribution is -2.01. The van der Waals surface area contributed by atoms with E-state index in [1.165, 1.54) is 66.2 Å². The Morgan fingerprint density at radius 2 is 1.00 bits per heavy atom. The van der Waals surface area contributed by atoms with Crippen molar-refractivity contribution in [1.82, 2.24) is 0 Å². The predicted molar refractivity (Wildman–Crippen MR) is 135 cm³/mol. The van der Waals surface area contributed by atoms with Gasteiger partial charge in [0.1, 0.15) is 11.6 Å². The molecule has 0 aliphatic rings. The molecule has 2 aromatic rings. The maximum atomic E-state index is 11.9. The number of hydrogen-bond acceptors (Lipinski definition) is 8. The Morgan fingerprint density at radius 3 is 1.29 bits per heavy atom. The molecule has 0 aliphatic heterocycles. The van der Waals surface area contributed by atoms with Crippen molar-refractivity contribution in [2.45, 2.75) is 34.1 Å². The van der Waals surface area contributed by atoms with Crippen molar-refractivity contribution in [2.24, 2.45) is 0 Å². The molecule has 0 radical (unpaired) electrons. The Bertz CT molecular complexity index is 987. The minimum atomic E-state index is -0.347. The summed E-state index contributed by atoms with van der Waals surface area (Å²) < 4.78 is 10.00. The normalized spacial score (nSPS) is 10.0. The zero-order valence-corrected chi connectivity index (χ0v) is 20.8. The van der Waals surface area contributed by atoms with E-state index in [2.05, 4.69) is 0 Å². The van der Waals surface area contributed by atoms with Crippen molar-refractivity contribution >= 4 is 35.3 Å². The van der Waals surface area contributed by atoms with Crippen LogP contribution in [0.3, 0.4) is 0 Å². The van der Waals surface area contributed by atoms with E-state index >= 15 is 0 Å². The number of phenolic OH excluding ortho intramolecular Hbond substituents is 2. The molecule has 2 N–H and O–H groups in total. The van der Waals surface area contributed by atoms with E-state index in [4.69, 9.17) is 9.47 Å². The number of carbonyl (C=O) groups excluding carboxylic acids is 4. The van der Waals surface area contributed by atoms with Gasteiger partial charge in [0.25, 0.3) is 0 Å². The standard InChI is InChI=1S/C21H20O6.2C3H6O/c1-26-20-11-14(5-9-18(20)24)3-7-16(22)13-17(23)8-4-15-6-10-19(25)21(12-15)27-2;2*1-3(2)4/h3-12,24-25H,13H2,1-2H3;2*1-2H3. The molecule has 0 aromatic heterocycles. The first-order chi connectivity index (χ1) is 16.4. The second kappa shape index (κ2) is 16.4. The highest BCUT2D eigenvalue weighted by Gasteiger charge is 2.06. The average molecular weight is 485 g/mol. The summed E-state index contributed by atoms with van der Waals surface area (Å²) in [5.41, 5.74) is 1.33. The minimum Gasteiger partial charge on any atom is -0.504 e. The summed E-state index contributed by atoms with van der Waals surface area (Å²) >= 11 is 0. The van der Waals surface area contributed by atoms with Gasteiger partial charge in [0.2, 0.25) is 0 Å². The monoisotopic (exact) mass is 484 g/mol. The molecule has 0 fully saturated rings. The van der Waals surface area contributed by atoms with E-state index in [-0.39, 0.29) is 41.1 Å². The van der Waals surface area contributed by atoms with Gasteiger partial charge in [-0.25, -0.2) is 0 Å². The summed E-state index contributed by atoms with van der Waals surface area (Å²) in [4.78, 5) is 42.7. The van der Waals surface area contributed by atoms with Crippen molar-refractivity contribution in [1.29, 1.82) is 0 Å². The number of ketones is 4. The van der Waals surface area contributed by atoms with Crippen molar-refractivity contribution in [3.8, 4) is 23.0 Å². The maximum Gasteiger partial charge on any atom is 0.163 e. The van der Waals surface area contributed by atoms with Crippen molar-refractivity contribution < 1.29 is 38.9 Å². The van der Waals surface area contributed by atoms with Crippen LogP contribution in [0.5, 0.6) is 23.0 Å². The van der Waals surface area contributed by atoms with E-state index in [9.17, 15) is 29.4 Å². The lowest BCUT2D eigenvalue weighted by molar-refractivity contribution is -0.122. The molecular formula is C27H32O8. The van der Waals surface area contributed by atoms with E-state index in [1.807, 2.05) is 0 Å². The van der Waals surface area contributed by atoms with Crippen LogP contribution in [0, 0.1) is 0 Å². The molecule has 0 saturated heterocycles. The van der Waals surface area contributed by atoms with Crippen LogP contribution in [0.25, 0.3) is 12.2 Å². The molecule has 8 heteroatoms. The van der Waals surface area contributed by atoms with E-state index in [0.717, 1.165) is 0 Å². The van der Waals surface area contributed by atoms with Crippen LogP contribution < -0.4 is 9.47 Å². The molecule has 0 bridgehead atoms. The van der Waals surface area contributed by atoms with Crippen molar-refractivity contribution in [3.63, 3.8) is 0 Å². The smallest absolute Gasteiger partial charge is 0.163 e. The molecular weight excluding hydrogens is 452 g/mol. The summed E-state index contributed by atoms with van der Waals surface area (Å²) in [5.74, 6) is 0.250. The van der Waals surface area contributed by atoms with E-state index in [1.54, 1.807) is 36.4 Å². The Labute approximate surface area is 205 Å². The Kier molecular flexibility index (Phi) is 14.4. The molecule has 8 nitrogen and oxygen atoms in total. The predicted octanol–water partition coefficient (Wildman–Crippen LogP) is 4.56. The van der Waals surface area contributed by atoms with Gasteiger partial charge in [-0.3, -0.25) is 9.59 Å². The average Bonchev–Trinajstić information content (AvgIpc) is 2.77. The quantitative estimate of drug-likeness (QED) is 0.412. The Balaban J connectivity index is 0.00000126. The molecule has 2 rings (SSSR count). The summed E-state index contributed by atoms with van der Waals surface area (Å²) in [6.07, 6.45) is 5.44. The fraction of sp³-hybridized carbons (Fsp3) is 0.259. The van der Waals surface area contributed by atoms with Gasteiger partial charge in [-0.1, -0.05) is 24.3 Å². The van der Waals surface area contributed by atoms with Gasteiger partial charge in [0, 0.05) is 0 Å². The van der Waals surface area contributed by atoms with E-state index < -0.39 is 0 Å². The first-order valence-electron chi connectivity index (χ1n) is 10.5. The lowest BCUT2D eigenvalue weighted by atomic mass is 10.1. The first-order valence-corrected chi connectivity index (χ1v) is 10.5. The highest BCUT2D eigenvalue weighted by atomic mass is 16.5. The Morgan fingerprint density at radius 1 is 0.686 bits per heavy atom. The lowest BCUT2D eigenvalue weighted by Gasteiger charge is -2.03. The Hall–Kier alpha value is -4.20. The third kappa shape index (κ3) is 14.5. The molecule has 0 atom stereocenters. The minimum absolute atomic E-state index is 0.00662. The molecule has 188 valence electrons. The van der Waals surface area contributed by atoms with Crippen LogP contribution in [-0.2, 0) is 19.2 Å². The molecule has 2 aromatic carbocycles. The van der Waals surface area contributed by atoms with Gasteiger partial charge in [-0.15, -0.1) is 0 Å². The molecule has 0 aliphatic carbocycles. The second-order valence-corrected chi connectivity index (χ2v) is 7.46. The van der Waals surface area contributed by atoms with Gasteiger partial charge in [0.05, 0.1) is 20.6 Å². The molecule has 0 heterocycles. The van der Waals surface area contributed by atoms with Crippen LogP contribution in [0.4, 0.5) is 0 Å². The first kappa shape index (κ1) is 30.8. The molecule has 0 spiro atoms. The number of benzene rings is 2. The summed E-state index contributed by atoms with van der Waals surface area (Å²) in [5, 5.41) is 19.1. The number of Topliss-reactive ketones (excluding diaryl/α,β-unsaturated/α-hetero) is 2. The van der Waals surface area contributed by atoms with Gasteiger partial charge in [0.15, 0.2) is 34.6 Å². The molecule has 35 heavy (non-hydrogen) atoms. The zero-order chi connectivity index (χ0) is 27.0. The fourth-order valence-corrected chi connectivity index (χ4v) is 2.26. The van der Waals surface area contributed by atoms with Crippen LogP contribution in [0.1, 0.15) is 45.2 Å². The van der Waals surface area contributed by atoms with Gasteiger partial charge in [-0.05, 0) is 75.2 Å². The van der Waals surface area contributed by atoms with Crippen LogP contribution in [-0.4, -0.2) is 47.6 Å². The third-order valence-corrected chi connectivity index (χ3v) is 3.68. The zero-order valence-electron chi connectivity index (χ0n) is 20.8. The second-order valence-electron chi connectivity index (χ2n) is 7.46. The van der Waals surface area contributed by atoms with E-state index in [0.29, 0.717) is 22.6 Å². The number of methoxy groups -OCH3 is 2. The van der Waals surface area contributed by atoms with Gasteiger partial charge >= 0.3 is 0 Å². The number of ether oxygens (including phenoxy) is 2. The van der Waals surface area contributed by atoms with Gasteiger partial charge < -0.3 is 29.3 Å². The number of carbonyl (C=O) groups is 4. The van der Waals surface area contributed by atoms with Crippen LogP contribution >= 0.6 is 0 Å². The summed E-state index contributed by atoms with van der Waals surface area (Å²) in [6.45, 7) is 6.11.